The molecule has 0 atom stereocenters. The van der Waals surface area contributed by atoms with Crippen LogP contribution in [0.5, 0.6) is 0 Å². The molecule has 0 radical (unpaired) electrons. The van der Waals surface area contributed by atoms with Crippen LogP contribution in [0.15, 0.2) is 70.9 Å². The first-order chi connectivity index (χ1) is 12.8. The van der Waals surface area contributed by atoms with Crippen LogP contribution in [0.1, 0.15) is 12.5 Å². The van der Waals surface area contributed by atoms with Crippen molar-refractivity contribution in [1.82, 2.24) is 15.0 Å². The Labute approximate surface area is 159 Å². The molecule has 2 aromatic rings. The predicted octanol–water partition coefficient (Wildman–Crippen LogP) is 2.58. The van der Waals surface area contributed by atoms with E-state index in [0.29, 0.717) is 12.2 Å². The van der Waals surface area contributed by atoms with Crippen LogP contribution in [0.3, 0.4) is 0 Å². The van der Waals surface area contributed by atoms with Crippen LogP contribution >= 0.6 is 0 Å². The number of urea groups is 1. The molecule has 8 heteroatoms. The predicted molar refractivity (Wildman–Crippen MR) is 104 cm³/mol. The van der Waals surface area contributed by atoms with Gasteiger partial charge in [0.25, 0.3) is 10.0 Å². The molecule has 2 amide bonds. The molecule has 0 bridgehead atoms. The van der Waals surface area contributed by atoms with Crippen molar-refractivity contribution in [2.75, 3.05) is 18.6 Å². The Morgan fingerprint density at radius 2 is 1.63 bits per heavy atom. The molecular formula is C19H22N4O3S. The van der Waals surface area contributed by atoms with Gasteiger partial charge in [0.2, 0.25) is 0 Å². The number of sulfonamides is 1. The average molecular weight is 386 g/mol. The van der Waals surface area contributed by atoms with Crippen molar-refractivity contribution in [2.24, 2.45) is 0 Å². The first kappa shape index (κ1) is 18.8. The van der Waals surface area contributed by atoms with E-state index in [2.05, 4.69) is 10.0 Å². The Morgan fingerprint density at radius 1 is 1.00 bits per heavy atom. The lowest BCUT2D eigenvalue weighted by atomic mass is 10.2. The summed E-state index contributed by atoms with van der Waals surface area (Å²) in [4.78, 5) is 12.3. The zero-order chi connectivity index (χ0) is 19.6. The monoisotopic (exact) mass is 386 g/mol. The number of carbonyl (C=O) groups excluding carboxylic acids is 1. The first-order valence-corrected chi connectivity index (χ1v) is 9.93. The third kappa shape index (κ3) is 4.06. The number of hydrogen-bond donors (Lipinski definition) is 2. The maximum absolute atomic E-state index is 12.4. The molecule has 3 rings (SSSR count). The van der Waals surface area contributed by atoms with Crippen LogP contribution in [0, 0.1) is 6.92 Å². The van der Waals surface area contributed by atoms with Gasteiger partial charge < -0.3 is 5.32 Å². The molecule has 142 valence electrons. The van der Waals surface area contributed by atoms with E-state index in [-0.39, 0.29) is 4.90 Å². The second-order valence-electron chi connectivity index (χ2n) is 6.35. The van der Waals surface area contributed by atoms with E-state index in [0.717, 1.165) is 16.9 Å². The van der Waals surface area contributed by atoms with Gasteiger partial charge >= 0.3 is 6.03 Å². The minimum Gasteiger partial charge on any atom is -0.307 e. The third-order valence-electron chi connectivity index (χ3n) is 4.47. The van der Waals surface area contributed by atoms with Crippen molar-refractivity contribution in [3.8, 4) is 0 Å². The summed E-state index contributed by atoms with van der Waals surface area (Å²) in [7, 11) is -2.04. The van der Waals surface area contributed by atoms with Crippen LogP contribution in [0.25, 0.3) is 0 Å². The van der Waals surface area contributed by atoms with Crippen LogP contribution < -0.4 is 15.0 Å². The number of anilines is 1. The summed E-state index contributed by atoms with van der Waals surface area (Å²) in [5.41, 5.74) is 3.39. The highest BCUT2D eigenvalue weighted by Crippen LogP contribution is 2.25. The van der Waals surface area contributed by atoms with Crippen LogP contribution in [-0.2, 0) is 10.0 Å². The van der Waals surface area contributed by atoms with Gasteiger partial charge in [-0.25, -0.2) is 17.9 Å². The third-order valence-corrected chi connectivity index (χ3v) is 5.82. The summed E-state index contributed by atoms with van der Waals surface area (Å²) in [6.45, 7) is 4.16. The highest BCUT2D eigenvalue weighted by atomic mass is 32.2. The van der Waals surface area contributed by atoms with Crippen LogP contribution in [-0.4, -0.2) is 33.1 Å². The molecule has 27 heavy (non-hydrogen) atoms. The number of allylic oxidation sites excluding steroid dienone is 1. The summed E-state index contributed by atoms with van der Waals surface area (Å²) in [6, 6.07) is 15.3. The van der Waals surface area contributed by atoms with Gasteiger partial charge in [0.1, 0.15) is 0 Å². The van der Waals surface area contributed by atoms with Gasteiger partial charge in [0.15, 0.2) is 0 Å². The molecule has 2 aromatic carbocycles. The molecule has 0 saturated carbocycles. The molecule has 1 aliphatic heterocycles. The van der Waals surface area contributed by atoms with Crippen LogP contribution in [0.4, 0.5) is 10.5 Å². The first-order valence-electron chi connectivity index (χ1n) is 8.44. The number of nitrogens with one attached hydrogen (secondary N) is 2. The summed E-state index contributed by atoms with van der Waals surface area (Å²) >= 11 is 0. The van der Waals surface area contributed by atoms with E-state index < -0.39 is 16.1 Å². The van der Waals surface area contributed by atoms with Gasteiger partial charge in [-0.2, -0.15) is 0 Å². The number of nitrogens with zero attached hydrogens (tertiary/aromatic N) is 2. The molecule has 0 saturated heterocycles. The molecule has 1 heterocycles. The number of amides is 2. The Morgan fingerprint density at radius 3 is 2.26 bits per heavy atom. The van der Waals surface area contributed by atoms with E-state index >= 15 is 0 Å². The fraction of sp³-hybridized carbons (Fsp3) is 0.211. The lowest BCUT2D eigenvalue weighted by molar-refractivity contribution is 0.248. The maximum atomic E-state index is 12.4. The topological polar surface area (TPSA) is 81.8 Å². The van der Waals surface area contributed by atoms with E-state index in [1.807, 2.05) is 61.2 Å². The maximum Gasteiger partial charge on any atom is 0.333 e. The minimum atomic E-state index is -3.93. The minimum absolute atomic E-state index is 0.0448. The van der Waals surface area contributed by atoms with Crippen molar-refractivity contribution in [3.63, 3.8) is 0 Å². The number of carbonyl (C=O) groups is 1. The molecule has 0 unspecified atom stereocenters. The number of rotatable bonds is 4. The van der Waals surface area contributed by atoms with Gasteiger partial charge in [-0.3, -0.25) is 10.0 Å². The Balaban J connectivity index is 1.69. The number of hydrazine groups is 1. The van der Waals surface area contributed by atoms with Crippen molar-refractivity contribution in [3.05, 3.63) is 71.6 Å². The summed E-state index contributed by atoms with van der Waals surface area (Å²) in [6.07, 6.45) is 0. The summed E-state index contributed by atoms with van der Waals surface area (Å²) in [5, 5.41) is 6.56. The summed E-state index contributed by atoms with van der Waals surface area (Å²) in [5.74, 6) is 0. The molecule has 0 aromatic heterocycles. The molecule has 0 fully saturated rings. The number of aryl methyl sites for hydroxylation is 1. The SMILES string of the molecule is CC1=C(NC(=O)NS(=O)(=O)c2ccc(C)cc2)CN(c2ccccc2)N1C. The van der Waals surface area contributed by atoms with Crippen molar-refractivity contribution < 1.29 is 13.2 Å². The van der Waals surface area contributed by atoms with Gasteiger partial charge in [-0.05, 0) is 38.1 Å². The summed E-state index contributed by atoms with van der Waals surface area (Å²) < 4.78 is 26.8. The second kappa shape index (κ2) is 7.32. The molecule has 0 spiro atoms. The zero-order valence-corrected chi connectivity index (χ0v) is 16.2. The van der Waals surface area contributed by atoms with Crippen molar-refractivity contribution >= 4 is 21.7 Å². The fourth-order valence-electron chi connectivity index (χ4n) is 2.80. The Kier molecular flexibility index (Phi) is 5.09. The standard InChI is InChI=1S/C19H22N4O3S/c1-14-9-11-17(12-10-14)27(25,26)21-19(24)20-18-13-23(22(3)15(18)2)16-7-5-4-6-8-16/h4-12H,13H2,1-3H3,(H2,20,21,24). The highest BCUT2D eigenvalue weighted by Gasteiger charge is 2.27. The van der Waals surface area contributed by atoms with Crippen molar-refractivity contribution in [1.29, 1.82) is 0 Å². The zero-order valence-electron chi connectivity index (χ0n) is 15.4. The molecule has 0 aliphatic carbocycles. The number of hydrogen-bond acceptors (Lipinski definition) is 5. The normalized spacial score (nSPS) is 14.5. The van der Waals surface area contributed by atoms with Gasteiger partial charge in [-0.1, -0.05) is 35.9 Å². The molecule has 7 nitrogen and oxygen atoms in total. The molecule has 2 N–H and O–H groups in total. The van der Waals surface area contributed by atoms with Gasteiger partial charge in [0, 0.05) is 7.05 Å². The van der Waals surface area contributed by atoms with E-state index in [1.165, 1.54) is 12.1 Å². The molecular weight excluding hydrogens is 364 g/mol. The van der Waals surface area contributed by atoms with E-state index in [1.54, 1.807) is 12.1 Å². The second-order valence-corrected chi connectivity index (χ2v) is 8.04. The highest BCUT2D eigenvalue weighted by molar-refractivity contribution is 7.90. The molecule has 1 aliphatic rings. The smallest absolute Gasteiger partial charge is 0.307 e. The van der Waals surface area contributed by atoms with Crippen LogP contribution in [0.2, 0.25) is 0 Å². The Hall–Kier alpha value is -3.00. The van der Waals surface area contributed by atoms with Crippen molar-refractivity contribution in [2.45, 2.75) is 18.7 Å². The largest absolute Gasteiger partial charge is 0.333 e. The lowest BCUT2D eigenvalue weighted by Crippen LogP contribution is -2.40. The fourth-order valence-corrected chi connectivity index (χ4v) is 3.71. The van der Waals surface area contributed by atoms with E-state index in [9.17, 15) is 13.2 Å². The van der Waals surface area contributed by atoms with Gasteiger partial charge in [-0.15, -0.1) is 0 Å². The van der Waals surface area contributed by atoms with E-state index in [4.69, 9.17) is 0 Å². The number of benzene rings is 2. The quantitative estimate of drug-likeness (QED) is 0.844. The average Bonchev–Trinajstić information content (AvgIpc) is 2.91. The van der Waals surface area contributed by atoms with Gasteiger partial charge in [0.05, 0.1) is 28.5 Å². The lowest BCUT2D eigenvalue weighted by Gasteiger charge is -2.29. The Bertz CT molecular complexity index is 970. The number of para-hydroxylation sites is 1.